The Kier molecular flexibility index (Phi) is 8.38. The first-order valence-corrected chi connectivity index (χ1v) is 13.1. The quantitative estimate of drug-likeness (QED) is 0.387. The molecule has 192 valence electrons. The number of nitrogens with one attached hydrogen (secondary N) is 1. The molecule has 0 saturated carbocycles. The van der Waals surface area contributed by atoms with Gasteiger partial charge in [0.15, 0.2) is 0 Å². The second kappa shape index (κ2) is 11.5. The van der Waals surface area contributed by atoms with Crippen molar-refractivity contribution in [2.75, 3.05) is 39.3 Å². The van der Waals surface area contributed by atoms with Crippen molar-refractivity contribution in [3.05, 3.63) is 95.6 Å². The van der Waals surface area contributed by atoms with Gasteiger partial charge >= 0.3 is 0 Å². The van der Waals surface area contributed by atoms with E-state index in [2.05, 4.69) is 117 Å². The summed E-state index contributed by atoms with van der Waals surface area (Å²) in [7, 11) is 5.81. The molecule has 3 aromatic carbocycles. The fraction of sp³-hybridized carbons (Fsp3) is 0.438. The Bertz CT molecular complexity index is 1050. The van der Waals surface area contributed by atoms with E-state index in [0.29, 0.717) is 5.92 Å². The SMILES string of the molecule is COCCC1CNC(C(c2ccccc2)c2ccccc2)C1N(C)c1cc(C(C)(C)C)ccc1OC. The van der Waals surface area contributed by atoms with Crippen molar-refractivity contribution in [1.82, 2.24) is 5.32 Å². The fourth-order valence-corrected chi connectivity index (χ4v) is 5.76. The van der Waals surface area contributed by atoms with Crippen LogP contribution in [-0.4, -0.2) is 46.5 Å². The number of benzene rings is 3. The van der Waals surface area contributed by atoms with E-state index in [-0.39, 0.29) is 23.4 Å². The highest BCUT2D eigenvalue weighted by molar-refractivity contribution is 5.62. The maximum atomic E-state index is 5.89. The first-order chi connectivity index (χ1) is 17.3. The molecule has 4 nitrogen and oxygen atoms in total. The van der Waals surface area contributed by atoms with Crippen LogP contribution in [0.25, 0.3) is 0 Å². The molecule has 1 aliphatic heterocycles. The molecule has 0 amide bonds. The zero-order chi connectivity index (χ0) is 25.7. The average molecular weight is 487 g/mol. The van der Waals surface area contributed by atoms with Gasteiger partial charge in [-0.15, -0.1) is 0 Å². The van der Waals surface area contributed by atoms with Gasteiger partial charge in [0.1, 0.15) is 5.75 Å². The topological polar surface area (TPSA) is 33.7 Å². The van der Waals surface area contributed by atoms with Crippen molar-refractivity contribution in [2.24, 2.45) is 5.92 Å². The maximum Gasteiger partial charge on any atom is 0.142 e. The summed E-state index contributed by atoms with van der Waals surface area (Å²) in [4.78, 5) is 2.47. The van der Waals surface area contributed by atoms with Gasteiger partial charge < -0.3 is 19.7 Å². The van der Waals surface area contributed by atoms with E-state index in [9.17, 15) is 0 Å². The standard InChI is InChI=1S/C32H42N2O2/c1-32(2,3)26-17-18-28(36-6)27(21-26)34(4)31-25(19-20-35-5)22-33-30(31)29(23-13-9-7-10-14-23)24-15-11-8-12-16-24/h7-18,21,25,29-31,33H,19-20,22H2,1-6H3. The van der Waals surface area contributed by atoms with Crippen LogP contribution in [0, 0.1) is 5.92 Å². The number of rotatable bonds is 9. The maximum absolute atomic E-state index is 5.89. The number of nitrogens with zero attached hydrogens (tertiary/aromatic N) is 1. The van der Waals surface area contributed by atoms with Gasteiger partial charge in [-0.25, -0.2) is 0 Å². The lowest BCUT2D eigenvalue weighted by Gasteiger charge is -2.39. The summed E-state index contributed by atoms with van der Waals surface area (Å²) in [5.74, 6) is 1.58. The van der Waals surface area contributed by atoms with Crippen molar-refractivity contribution in [3.63, 3.8) is 0 Å². The third kappa shape index (κ3) is 5.61. The van der Waals surface area contributed by atoms with Crippen LogP contribution in [0.5, 0.6) is 5.75 Å². The van der Waals surface area contributed by atoms with Crippen LogP contribution in [0.1, 0.15) is 49.8 Å². The zero-order valence-electron chi connectivity index (χ0n) is 22.7. The van der Waals surface area contributed by atoms with Gasteiger partial charge in [-0.05, 0) is 46.6 Å². The summed E-state index contributed by atoms with van der Waals surface area (Å²) in [5, 5.41) is 3.96. The van der Waals surface area contributed by atoms with Gasteiger partial charge in [0, 0.05) is 45.3 Å². The molecule has 4 heteroatoms. The largest absolute Gasteiger partial charge is 0.495 e. The number of likely N-dealkylation sites (N-methyl/N-ethyl adjacent to an activating group) is 1. The van der Waals surface area contributed by atoms with E-state index >= 15 is 0 Å². The summed E-state index contributed by atoms with van der Waals surface area (Å²) in [6.07, 6.45) is 1.01. The van der Waals surface area contributed by atoms with Gasteiger partial charge in [-0.2, -0.15) is 0 Å². The molecule has 1 heterocycles. The van der Waals surface area contributed by atoms with E-state index in [1.165, 1.54) is 16.7 Å². The van der Waals surface area contributed by atoms with E-state index in [0.717, 1.165) is 31.0 Å². The molecule has 0 bridgehead atoms. The molecule has 36 heavy (non-hydrogen) atoms. The Labute approximate surface area is 217 Å². The van der Waals surface area contributed by atoms with Crippen LogP contribution in [0.4, 0.5) is 5.69 Å². The first kappa shape index (κ1) is 26.2. The van der Waals surface area contributed by atoms with Crippen molar-refractivity contribution >= 4 is 5.69 Å². The number of anilines is 1. The monoisotopic (exact) mass is 486 g/mol. The molecule has 1 N–H and O–H groups in total. The van der Waals surface area contributed by atoms with Crippen molar-refractivity contribution in [2.45, 2.75) is 50.6 Å². The molecule has 0 spiro atoms. The molecular formula is C32H42N2O2. The molecule has 1 saturated heterocycles. The number of hydrogen-bond donors (Lipinski definition) is 1. The Morgan fingerprint density at radius 1 is 0.917 bits per heavy atom. The fourth-order valence-electron chi connectivity index (χ4n) is 5.76. The minimum atomic E-state index is 0.0568. The van der Waals surface area contributed by atoms with Crippen LogP contribution in [0.2, 0.25) is 0 Å². The van der Waals surface area contributed by atoms with Crippen LogP contribution >= 0.6 is 0 Å². The van der Waals surface area contributed by atoms with E-state index < -0.39 is 0 Å². The molecule has 3 aromatic rings. The highest BCUT2D eigenvalue weighted by Crippen LogP contribution is 2.41. The van der Waals surface area contributed by atoms with Crippen molar-refractivity contribution in [3.8, 4) is 5.75 Å². The van der Waals surface area contributed by atoms with Crippen LogP contribution in [-0.2, 0) is 10.2 Å². The number of methoxy groups -OCH3 is 2. The highest BCUT2D eigenvalue weighted by Gasteiger charge is 2.44. The Balaban J connectivity index is 1.81. The normalized spacial score (nSPS) is 20.0. The molecular weight excluding hydrogens is 444 g/mol. The summed E-state index contributed by atoms with van der Waals surface area (Å²) in [5.41, 5.74) is 5.18. The van der Waals surface area contributed by atoms with Gasteiger partial charge in [0.25, 0.3) is 0 Å². The minimum Gasteiger partial charge on any atom is -0.495 e. The van der Waals surface area contributed by atoms with Crippen LogP contribution < -0.4 is 15.0 Å². The van der Waals surface area contributed by atoms with Crippen LogP contribution in [0.3, 0.4) is 0 Å². The van der Waals surface area contributed by atoms with Crippen molar-refractivity contribution < 1.29 is 9.47 Å². The minimum absolute atomic E-state index is 0.0568. The third-order valence-corrected chi connectivity index (χ3v) is 7.71. The summed E-state index contributed by atoms with van der Waals surface area (Å²) >= 11 is 0. The second-order valence-corrected chi connectivity index (χ2v) is 11.0. The molecule has 0 radical (unpaired) electrons. The van der Waals surface area contributed by atoms with Gasteiger partial charge in [0.05, 0.1) is 12.8 Å². The van der Waals surface area contributed by atoms with Gasteiger partial charge in [0.2, 0.25) is 0 Å². The predicted octanol–water partition coefficient (Wildman–Crippen LogP) is 6.25. The van der Waals surface area contributed by atoms with Crippen LogP contribution in [0.15, 0.2) is 78.9 Å². The third-order valence-electron chi connectivity index (χ3n) is 7.71. The van der Waals surface area contributed by atoms with Gasteiger partial charge in [-0.1, -0.05) is 87.5 Å². The summed E-state index contributed by atoms with van der Waals surface area (Å²) in [6, 6.07) is 29.0. The molecule has 0 aliphatic carbocycles. The lowest BCUT2D eigenvalue weighted by atomic mass is 9.79. The molecule has 0 aromatic heterocycles. The second-order valence-electron chi connectivity index (χ2n) is 11.0. The summed E-state index contributed by atoms with van der Waals surface area (Å²) < 4.78 is 11.4. The Hall–Kier alpha value is -2.82. The molecule has 1 fully saturated rings. The molecule has 4 rings (SSSR count). The van der Waals surface area contributed by atoms with E-state index in [4.69, 9.17) is 9.47 Å². The Morgan fingerprint density at radius 2 is 1.53 bits per heavy atom. The van der Waals surface area contributed by atoms with E-state index in [1.807, 2.05) is 0 Å². The number of hydrogen-bond acceptors (Lipinski definition) is 4. The van der Waals surface area contributed by atoms with Gasteiger partial charge in [-0.3, -0.25) is 0 Å². The molecule has 1 aliphatic rings. The highest BCUT2D eigenvalue weighted by atomic mass is 16.5. The zero-order valence-corrected chi connectivity index (χ0v) is 22.7. The Morgan fingerprint density at radius 3 is 2.06 bits per heavy atom. The lowest BCUT2D eigenvalue weighted by Crippen LogP contribution is -2.48. The molecule has 3 unspecified atom stereocenters. The first-order valence-electron chi connectivity index (χ1n) is 13.1. The smallest absolute Gasteiger partial charge is 0.142 e. The van der Waals surface area contributed by atoms with Crippen molar-refractivity contribution in [1.29, 1.82) is 0 Å². The average Bonchev–Trinajstić information content (AvgIpc) is 3.30. The predicted molar refractivity (Wildman–Crippen MR) is 150 cm³/mol. The van der Waals surface area contributed by atoms with E-state index in [1.54, 1.807) is 14.2 Å². The lowest BCUT2D eigenvalue weighted by molar-refractivity contribution is 0.175. The molecule has 3 atom stereocenters. The number of ether oxygens (including phenoxy) is 2. The summed E-state index contributed by atoms with van der Waals surface area (Å²) in [6.45, 7) is 8.51.